The molecule has 1 aromatic rings. The number of nitrogens with one attached hydrogen (secondary N) is 1. The number of hydrogen-bond acceptors (Lipinski definition) is 2. The van der Waals surface area contributed by atoms with E-state index in [2.05, 4.69) is 47.0 Å². The van der Waals surface area contributed by atoms with Crippen LogP contribution in [-0.4, -0.2) is 11.5 Å². The van der Waals surface area contributed by atoms with Crippen LogP contribution in [0, 0.1) is 5.41 Å². The first kappa shape index (κ1) is 14.5. The van der Waals surface area contributed by atoms with Gasteiger partial charge in [-0.1, -0.05) is 40.0 Å². The van der Waals surface area contributed by atoms with Gasteiger partial charge in [0.1, 0.15) is 0 Å². The van der Waals surface area contributed by atoms with Crippen LogP contribution in [0.3, 0.4) is 0 Å². The molecule has 0 bridgehead atoms. The summed E-state index contributed by atoms with van der Waals surface area (Å²) in [7, 11) is 0. The normalized spacial score (nSPS) is 11.5. The monoisotopic (exact) mass is 298 g/mol. The maximum atomic E-state index is 4.06. The minimum atomic E-state index is 0.345. The maximum absolute atomic E-state index is 4.06. The number of rotatable bonds is 7. The van der Waals surface area contributed by atoms with Crippen molar-refractivity contribution in [3.05, 3.63) is 22.9 Å². The van der Waals surface area contributed by atoms with Crippen LogP contribution in [-0.2, 0) is 0 Å². The molecule has 0 amide bonds. The Morgan fingerprint density at radius 3 is 2.76 bits per heavy atom. The van der Waals surface area contributed by atoms with Crippen molar-refractivity contribution in [2.24, 2.45) is 5.41 Å². The highest BCUT2D eigenvalue weighted by Gasteiger charge is 2.17. The molecule has 17 heavy (non-hydrogen) atoms. The first-order chi connectivity index (χ1) is 8.05. The standard InChI is InChI=1S/C14H23BrN2/c1-4-5-6-8-14(2,3)11-17-13-7-9-16-10-12(13)15/h7,9-10H,4-6,8,11H2,1-3H3,(H,16,17). The maximum Gasteiger partial charge on any atom is 0.0590 e. The Hall–Kier alpha value is -0.570. The van der Waals surface area contributed by atoms with Gasteiger partial charge >= 0.3 is 0 Å². The summed E-state index contributed by atoms with van der Waals surface area (Å²) in [5, 5.41) is 3.49. The van der Waals surface area contributed by atoms with E-state index in [1.54, 1.807) is 0 Å². The zero-order chi connectivity index (χ0) is 12.7. The molecule has 0 fully saturated rings. The van der Waals surface area contributed by atoms with Gasteiger partial charge in [0.05, 0.1) is 10.2 Å². The van der Waals surface area contributed by atoms with Gasteiger partial charge in [-0.2, -0.15) is 0 Å². The molecule has 3 heteroatoms. The zero-order valence-corrected chi connectivity index (χ0v) is 12.7. The van der Waals surface area contributed by atoms with Crippen molar-refractivity contribution < 1.29 is 0 Å². The minimum Gasteiger partial charge on any atom is -0.384 e. The van der Waals surface area contributed by atoms with Crippen molar-refractivity contribution in [1.29, 1.82) is 0 Å². The minimum absolute atomic E-state index is 0.345. The zero-order valence-electron chi connectivity index (χ0n) is 11.1. The molecule has 96 valence electrons. The topological polar surface area (TPSA) is 24.9 Å². The Balaban J connectivity index is 2.41. The van der Waals surface area contributed by atoms with Crippen molar-refractivity contribution >= 4 is 21.6 Å². The molecular weight excluding hydrogens is 276 g/mol. The highest BCUT2D eigenvalue weighted by Crippen LogP contribution is 2.26. The number of nitrogens with zero attached hydrogens (tertiary/aromatic N) is 1. The van der Waals surface area contributed by atoms with Crippen LogP contribution in [0.15, 0.2) is 22.9 Å². The molecular formula is C14H23BrN2. The van der Waals surface area contributed by atoms with Crippen LogP contribution < -0.4 is 5.32 Å². The lowest BCUT2D eigenvalue weighted by atomic mass is 9.87. The molecule has 0 radical (unpaired) electrons. The second kappa shape index (κ2) is 7.00. The van der Waals surface area contributed by atoms with E-state index in [-0.39, 0.29) is 0 Å². The lowest BCUT2D eigenvalue weighted by Gasteiger charge is -2.25. The fourth-order valence-electron chi connectivity index (χ4n) is 1.80. The molecule has 0 saturated carbocycles. The van der Waals surface area contributed by atoms with Gasteiger partial charge in [0.25, 0.3) is 0 Å². The molecule has 0 aliphatic heterocycles. The van der Waals surface area contributed by atoms with Gasteiger partial charge in [0.2, 0.25) is 0 Å². The van der Waals surface area contributed by atoms with E-state index in [0.717, 1.165) is 16.7 Å². The highest BCUT2D eigenvalue weighted by molar-refractivity contribution is 9.10. The molecule has 1 aromatic heterocycles. The Kier molecular flexibility index (Phi) is 5.96. The summed E-state index contributed by atoms with van der Waals surface area (Å²) in [6.07, 6.45) is 8.87. The van der Waals surface area contributed by atoms with Gasteiger partial charge in [-0.25, -0.2) is 0 Å². The molecule has 1 heterocycles. The number of hydrogen-bond donors (Lipinski definition) is 1. The lowest BCUT2D eigenvalue weighted by Crippen LogP contribution is -2.23. The fraction of sp³-hybridized carbons (Fsp3) is 0.643. The summed E-state index contributed by atoms with van der Waals surface area (Å²) in [5.74, 6) is 0. The van der Waals surface area contributed by atoms with Gasteiger partial charge in [-0.3, -0.25) is 4.98 Å². The molecule has 0 unspecified atom stereocenters. The van der Waals surface area contributed by atoms with Gasteiger partial charge in [0.15, 0.2) is 0 Å². The lowest BCUT2D eigenvalue weighted by molar-refractivity contribution is 0.342. The molecule has 1 N–H and O–H groups in total. The number of aromatic nitrogens is 1. The van der Waals surface area contributed by atoms with Crippen LogP contribution >= 0.6 is 15.9 Å². The van der Waals surface area contributed by atoms with Crippen LogP contribution in [0.25, 0.3) is 0 Å². The fourth-order valence-corrected chi connectivity index (χ4v) is 2.19. The van der Waals surface area contributed by atoms with Crippen molar-refractivity contribution in [3.8, 4) is 0 Å². The Labute approximate surface area is 113 Å². The van der Waals surface area contributed by atoms with Crippen molar-refractivity contribution in [3.63, 3.8) is 0 Å². The summed E-state index contributed by atoms with van der Waals surface area (Å²) in [4.78, 5) is 4.06. The molecule has 2 nitrogen and oxygen atoms in total. The molecule has 0 saturated heterocycles. The highest BCUT2D eigenvalue weighted by atomic mass is 79.9. The van der Waals surface area contributed by atoms with E-state index in [0.29, 0.717) is 5.41 Å². The van der Waals surface area contributed by atoms with Gasteiger partial charge in [-0.15, -0.1) is 0 Å². The van der Waals surface area contributed by atoms with E-state index >= 15 is 0 Å². The molecule has 0 spiro atoms. The predicted molar refractivity (Wildman–Crippen MR) is 78.3 cm³/mol. The smallest absolute Gasteiger partial charge is 0.0590 e. The second-order valence-electron chi connectivity index (χ2n) is 5.33. The third kappa shape index (κ3) is 5.53. The quantitative estimate of drug-likeness (QED) is 0.727. The Morgan fingerprint density at radius 1 is 1.35 bits per heavy atom. The van der Waals surface area contributed by atoms with Gasteiger partial charge < -0.3 is 5.32 Å². The SMILES string of the molecule is CCCCCC(C)(C)CNc1ccncc1Br. The molecule has 0 atom stereocenters. The van der Waals surface area contributed by atoms with E-state index < -0.39 is 0 Å². The summed E-state index contributed by atoms with van der Waals surface area (Å²) in [5.41, 5.74) is 1.47. The average Bonchev–Trinajstić information content (AvgIpc) is 2.28. The second-order valence-corrected chi connectivity index (χ2v) is 6.18. The van der Waals surface area contributed by atoms with Crippen molar-refractivity contribution in [1.82, 2.24) is 4.98 Å². The largest absolute Gasteiger partial charge is 0.384 e. The third-order valence-corrected chi connectivity index (χ3v) is 3.62. The van der Waals surface area contributed by atoms with Crippen molar-refractivity contribution in [2.75, 3.05) is 11.9 Å². The Morgan fingerprint density at radius 2 is 2.12 bits per heavy atom. The molecule has 1 rings (SSSR count). The predicted octanol–water partition coefficient (Wildman–Crippen LogP) is 4.86. The first-order valence-corrected chi connectivity index (χ1v) is 7.18. The number of halogens is 1. The number of unbranched alkanes of at least 4 members (excludes halogenated alkanes) is 2. The number of pyridine rings is 1. The molecule has 0 aliphatic carbocycles. The summed E-state index contributed by atoms with van der Waals surface area (Å²) in [6.45, 7) is 7.90. The first-order valence-electron chi connectivity index (χ1n) is 6.38. The summed E-state index contributed by atoms with van der Waals surface area (Å²) in [6, 6.07) is 2.01. The molecule has 0 aliphatic rings. The van der Waals surface area contributed by atoms with Crippen molar-refractivity contribution in [2.45, 2.75) is 46.5 Å². The Bertz CT molecular complexity index is 337. The van der Waals surface area contributed by atoms with E-state index in [1.807, 2.05) is 18.5 Å². The summed E-state index contributed by atoms with van der Waals surface area (Å²) < 4.78 is 1.03. The van der Waals surface area contributed by atoms with Crippen LogP contribution in [0.2, 0.25) is 0 Å². The molecule has 0 aromatic carbocycles. The number of anilines is 1. The van der Waals surface area contributed by atoms with Gasteiger partial charge in [0, 0.05) is 18.9 Å². The van der Waals surface area contributed by atoms with E-state index in [1.165, 1.54) is 25.7 Å². The van der Waals surface area contributed by atoms with Crippen LogP contribution in [0.4, 0.5) is 5.69 Å². The third-order valence-electron chi connectivity index (χ3n) is 2.99. The average molecular weight is 299 g/mol. The van der Waals surface area contributed by atoms with E-state index in [9.17, 15) is 0 Å². The van der Waals surface area contributed by atoms with E-state index in [4.69, 9.17) is 0 Å². The van der Waals surface area contributed by atoms with Gasteiger partial charge in [-0.05, 0) is 33.8 Å². The van der Waals surface area contributed by atoms with Crippen LogP contribution in [0.1, 0.15) is 46.5 Å². The summed E-state index contributed by atoms with van der Waals surface area (Å²) >= 11 is 3.50. The van der Waals surface area contributed by atoms with Crippen LogP contribution in [0.5, 0.6) is 0 Å².